The van der Waals surface area contributed by atoms with Crippen LogP contribution in [0.2, 0.25) is 0 Å². The highest BCUT2D eigenvalue weighted by Crippen LogP contribution is 2.43. The molecule has 0 N–H and O–H groups in total. The predicted molar refractivity (Wildman–Crippen MR) is 199 cm³/mol. The maximum atomic E-state index is 6.75. The normalized spacial score (nSPS) is 11.7. The summed E-state index contributed by atoms with van der Waals surface area (Å²) in [6.45, 7) is 0. The zero-order valence-corrected chi connectivity index (χ0v) is 26.2. The molecule has 0 amide bonds. The highest BCUT2D eigenvalue weighted by atomic mass is 16.3. The second kappa shape index (κ2) is 10.9. The monoisotopic (exact) mass is 626 g/mol. The van der Waals surface area contributed by atoms with Crippen LogP contribution in [0.4, 0.5) is 0 Å². The standard InChI is InChI=1S/C44H26N4O/c1-3-13-28(14-4-1)42-46-43(29-15-5-2-6-16-29)48-44(47-42)40-39-35-21-11-20-34(41(35)49-37(39)24-25-45-40)36-26-30-23-22-27-12-7-8-17-31(27)38(30)33-19-10-9-18-32(33)36/h1-26H. The Hall–Kier alpha value is -6.72. The Morgan fingerprint density at radius 1 is 0.408 bits per heavy atom. The van der Waals surface area contributed by atoms with Crippen LogP contribution in [0.25, 0.3) is 99.7 Å². The summed E-state index contributed by atoms with van der Waals surface area (Å²) >= 11 is 0. The molecule has 5 nitrogen and oxygen atoms in total. The molecule has 3 aromatic heterocycles. The lowest BCUT2D eigenvalue weighted by molar-refractivity contribution is 0.669. The Morgan fingerprint density at radius 3 is 1.78 bits per heavy atom. The van der Waals surface area contributed by atoms with Gasteiger partial charge in [0.15, 0.2) is 17.5 Å². The molecule has 0 radical (unpaired) electrons. The summed E-state index contributed by atoms with van der Waals surface area (Å²) in [4.78, 5) is 19.7. The van der Waals surface area contributed by atoms with Crippen LogP contribution in [-0.2, 0) is 0 Å². The van der Waals surface area contributed by atoms with Crippen molar-refractivity contribution in [2.45, 2.75) is 0 Å². The third-order valence-corrected chi connectivity index (χ3v) is 9.36. The van der Waals surface area contributed by atoms with Gasteiger partial charge in [-0.05, 0) is 50.0 Å². The molecule has 49 heavy (non-hydrogen) atoms. The molecule has 10 rings (SSSR count). The molecule has 0 atom stereocenters. The van der Waals surface area contributed by atoms with Crippen molar-refractivity contribution in [3.8, 4) is 45.4 Å². The number of fused-ring (bicyclic) bond motifs is 8. The lowest BCUT2D eigenvalue weighted by Gasteiger charge is -2.13. The van der Waals surface area contributed by atoms with Crippen molar-refractivity contribution in [2.75, 3.05) is 0 Å². The Kier molecular flexibility index (Phi) is 6.11. The van der Waals surface area contributed by atoms with Crippen molar-refractivity contribution in [1.29, 1.82) is 0 Å². The summed E-state index contributed by atoms with van der Waals surface area (Å²) in [5.74, 6) is 1.67. The first kappa shape index (κ1) is 27.4. The number of benzene rings is 7. The number of hydrogen-bond donors (Lipinski definition) is 0. The molecule has 0 bridgehead atoms. The van der Waals surface area contributed by atoms with Crippen LogP contribution in [-0.4, -0.2) is 19.9 Å². The van der Waals surface area contributed by atoms with E-state index in [1.54, 1.807) is 6.20 Å². The minimum Gasteiger partial charge on any atom is -0.455 e. The molecule has 0 aliphatic heterocycles. The number of nitrogens with zero attached hydrogens (tertiary/aromatic N) is 4. The third kappa shape index (κ3) is 4.40. The quantitative estimate of drug-likeness (QED) is 0.182. The van der Waals surface area contributed by atoms with E-state index in [-0.39, 0.29) is 0 Å². The van der Waals surface area contributed by atoms with Gasteiger partial charge in [0.1, 0.15) is 16.9 Å². The summed E-state index contributed by atoms with van der Waals surface area (Å²) in [5.41, 5.74) is 6.15. The van der Waals surface area contributed by atoms with Gasteiger partial charge in [0, 0.05) is 28.3 Å². The van der Waals surface area contributed by atoms with Crippen LogP contribution in [0.3, 0.4) is 0 Å². The van der Waals surface area contributed by atoms with Gasteiger partial charge in [-0.15, -0.1) is 0 Å². The first-order chi connectivity index (χ1) is 24.3. The molecule has 0 unspecified atom stereocenters. The molecule has 0 fully saturated rings. The molecule has 3 heterocycles. The Labute approximate surface area is 281 Å². The van der Waals surface area contributed by atoms with E-state index in [2.05, 4.69) is 84.9 Å². The van der Waals surface area contributed by atoms with E-state index < -0.39 is 0 Å². The van der Waals surface area contributed by atoms with Gasteiger partial charge in [-0.1, -0.05) is 140 Å². The molecular formula is C44H26N4O. The Balaban J connectivity index is 1.23. The summed E-state index contributed by atoms with van der Waals surface area (Å²) in [6.07, 6.45) is 1.77. The summed E-state index contributed by atoms with van der Waals surface area (Å²) in [7, 11) is 0. The molecule has 0 saturated heterocycles. The summed E-state index contributed by atoms with van der Waals surface area (Å²) < 4.78 is 6.75. The molecular weight excluding hydrogens is 601 g/mol. The van der Waals surface area contributed by atoms with Gasteiger partial charge in [0.05, 0.1) is 5.39 Å². The number of aromatic nitrogens is 4. The number of para-hydroxylation sites is 1. The maximum Gasteiger partial charge on any atom is 0.183 e. The van der Waals surface area contributed by atoms with E-state index in [0.29, 0.717) is 23.2 Å². The van der Waals surface area contributed by atoms with Gasteiger partial charge < -0.3 is 4.42 Å². The van der Waals surface area contributed by atoms with E-state index in [0.717, 1.165) is 44.2 Å². The van der Waals surface area contributed by atoms with Gasteiger partial charge >= 0.3 is 0 Å². The van der Waals surface area contributed by atoms with Crippen molar-refractivity contribution in [3.05, 3.63) is 158 Å². The predicted octanol–water partition coefficient (Wildman–Crippen LogP) is 11.3. The Bertz CT molecular complexity index is 2820. The van der Waals surface area contributed by atoms with E-state index in [9.17, 15) is 0 Å². The maximum absolute atomic E-state index is 6.75. The van der Waals surface area contributed by atoms with Crippen LogP contribution in [0.1, 0.15) is 0 Å². The fourth-order valence-corrected chi connectivity index (χ4v) is 7.14. The molecule has 0 saturated carbocycles. The highest BCUT2D eigenvalue weighted by molar-refractivity contribution is 6.24. The fraction of sp³-hybridized carbons (Fsp3) is 0. The van der Waals surface area contributed by atoms with Gasteiger partial charge in [0.2, 0.25) is 0 Å². The van der Waals surface area contributed by atoms with Crippen LogP contribution in [0.15, 0.2) is 162 Å². The second-order valence-corrected chi connectivity index (χ2v) is 12.2. The molecule has 0 spiro atoms. The summed E-state index contributed by atoms with van der Waals surface area (Å²) in [6, 6.07) is 52.3. The molecule has 10 aromatic rings. The fourth-order valence-electron chi connectivity index (χ4n) is 7.14. The largest absolute Gasteiger partial charge is 0.455 e. The van der Waals surface area contributed by atoms with E-state index >= 15 is 0 Å². The van der Waals surface area contributed by atoms with E-state index in [1.165, 1.54) is 32.3 Å². The molecule has 5 heteroatoms. The van der Waals surface area contributed by atoms with Crippen molar-refractivity contribution in [2.24, 2.45) is 0 Å². The van der Waals surface area contributed by atoms with E-state index in [1.807, 2.05) is 66.7 Å². The van der Waals surface area contributed by atoms with Crippen LogP contribution < -0.4 is 0 Å². The molecule has 0 aliphatic rings. The lowest BCUT2D eigenvalue weighted by Crippen LogP contribution is -2.01. The average molecular weight is 627 g/mol. The van der Waals surface area contributed by atoms with Gasteiger partial charge in [-0.25, -0.2) is 15.0 Å². The van der Waals surface area contributed by atoms with E-state index in [4.69, 9.17) is 24.4 Å². The van der Waals surface area contributed by atoms with Crippen molar-refractivity contribution >= 4 is 54.3 Å². The van der Waals surface area contributed by atoms with Crippen LogP contribution in [0.5, 0.6) is 0 Å². The van der Waals surface area contributed by atoms with Crippen molar-refractivity contribution in [3.63, 3.8) is 0 Å². The number of pyridine rings is 1. The molecule has 228 valence electrons. The van der Waals surface area contributed by atoms with Crippen molar-refractivity contribution in [1.82, 2.24) is 19.9 Å². The van der Waals surface area contributed by atoms with Gasteiger partial charge in [-0.3, -0.25) is 4.98 Å². The Morgan fingerprint density at radius 2 is 1.02 bits per heavy atom. The smallest absolute Gasteiger partial charge is 0.183 e. The lowest BCUT2D eigenvalue weighted by atomic mass is 9.90. The minimum atomic E-state index is 0.495. The zero-order chi connectivity index (χ0) is 32.3. The van der Waals surface area contributed by atoms with Crippen LogP contribution >= 0.6 is 0 Å². The molecule has 0 aliphatic carbocycles. The zero-order valence-electron chi connectivity index (χ0n) is 26.2. The second-order valence-electron chi connectivity index (χ2n) is 12.2. The van der Waals surface area contributed by atoms with Crippen molar-refractivity contribution < 1.29 is 4.42 Å². The highest BCUT2D eigenvalue weighted by Gasteiger charge is 2.21. The SMILES string of the molecule is c1ccc(-c2nc(-c3ccccc3)nc(-c3nccc4oc5c(-c6cc7ccc8ccccc8c7c7ccccc67)cccc5c34)n2)cc1. The number of hydrogen-bond acceptors (Lipinski definition) is 5. The number of rotatable bonds is 4. The molecule has 7 aromatic carbocycles. The topological polar surface area (TPSA) is 64.7 Å². The first-order valence-corrected chi connectivity index (χ1v) is 16.3. The first-order valence-electron chi connectivity index (χ1n) is 16.3. The third-order valence-electron chi connectivity index (χ3n) is 9.36. The van der Waals surface area contributed by atoms with Gasteiger partial charge in [-0.2, -0.15) is 0 Å². The summed E-state index contributed by atoms with van der Waals surface area (Å²) in [5, 5.41) is 9.17. The number of furan rings is 1. The average Bonchev–Trinajstić information content (AvgIpc) is 3.57. The van der Waals surface area contributed by atoms with Crippen LogP contribution in [0, 0.1) is 0 Å². The van der Waals surface area contributed by atoms with Gasteiger partial charge in [0.25, 0.3) is 0 Å². The minimum absolute atomic E-state index is 0.495.